The van der Waals surface area contributed by atoms with Gasteiger partial charge in [0.2, 0.25) is 11.7 Å². The van der Waals surface area contributed by atoms with E-state index in [2.05, 4.69) is 5.43 Å². The third kappa shape index (κ3) is 2.56. The van der Waals surface area contributed by atoms with Gasteiger partial charge in [-0.1, -0.05) is 18.2 Å². The molecular formula is C15H18N2O7. The number of para-hydroxylation sites is 1. The zero-order chi connectivity index (χ0) is 17.5. The second-order valence-electron chi connectivity index (χ2n) is 5.83. The van der Waals surface area contributed by atoms with Crippen LogP contribution in [-0.2, 0) is 14.3 Å². The van der Waals surface area contributed by atoms with Crippen LogP contribution in [-0.4, -0.2) is 68.0 Å². The summed E-state index contributed by atoms with van der Waals surface area (Å²) < 4.78 is 5.10. The number of ether oxygens (including phenoxy) is 1. The highest BCUT2D eigenvalue weighted by atomic mass is 16.7. The number of carbonyl (C=O) groups excluding carboxylic acids is 2. The average Bonchev–Trinajstić information content (AvgIpc) is 2.99. The van der Waals surface area contributed by atoms with Gasteiger partial charge in [0.15, 0.2) is 0 Å². The molecule has 9 heteroatoms. The van der Waals surface area contributed by atoms with Crippen molar-refractivity contribution in [2.75, 3.05) is 12.0 Å². The lowest BCUT2D eigenvalue weighted by Gasteiger charge is -2.30. The van der Waals surface area contributed by atoms with Gasteiger partial charge in [0, 0.05) is 6.42 Å². The molecular weight excluding hydrogens is 320 g/mol. The molecule has 0 spiro atoms. The molecule has 24 heavy (non-hydrogen) atoms. The Hall–Kier alpha value is -2.04. The number of imide groups is 1. The number of rotatable bonds is 4. The van der Waals surface area contributed by atoms with Gasteiger partial charge in [-0.25, -0.2) is 0 Å². The molecule has 0 aromatic heterocycles. The minimum absolute atomic E-state index is 0.406. The first kappa shape index (κ1) is 16.8. The van der Waals surface area contributed by atoms with Crippen LogP contribution in [0.4, 0.5) is 5.69 Å². The molecule has 2 amide bonds. The minimum Gasteiger partial charge on any atom is -0.394 e. The Kier molecular flexibility index (Phi) is 4.28. The summed E-state index contributed by atoms with van der Waals surface area (Å²) in [6.45, 7) is -0.651. The summed E-state index contributed by atoms with van der Waals surface area (Å²) in [5.74, 6) is -5.26. The zero-order valence-corrected chi connectivity index (χ0v) is 12.6. The van der Waals surface area contributed by atoms with Crippen LogP contribution in [0.2, 0.25) is 0 Å². The zero-order valence-electron chi connectivity index (χ0n) is 12.6. The van der Waals surface area contributed by atoms with Crippen LogP contribution in [0.3, 0.4) is 0 Å². The van der Waals surface area contributed by atoms with Gasteiger partial charge < -0.3 is 25.2 Å². The first-order valence-corrected chi connectivity index (χ1v) is 7.44. The Morgan fingerprint density at radius 2 is 1.92 bits per heavy atom. The van der Waals surface area contributed by atoms with Gasteiger partial charge in [-0.15, -0.1) is 0 Å². The molecule has 0 radical (unpaired) electrons. The highest BCUT2D eigenvalue weighted by Gasteiger charge is 2.62. The fourth-order valence-corrected chi connectivity index (χ4v) is 2.98. The van der Waals surface area contributed by atoms with Crippen LogP contribution < -0.4 is 5.43 Å². The standard InChI is InChI=1S/C15H18N2O7/c18-7-10-12(20)13(21)15(23,24-10)9-6-11(19)17(14(9)22)16-8-4-2-1-3-5-8/h1-5,9-10,12-13,16,18,20-21,23H,6-7H2/t9?,10-,12-,13-,15+/m1/s1. The smallest absolute Gasteiger partial charge is 0.257 e. The lowest BCUT2D eigenvalue weighted by atomic mass is 9.91. The van der Waals surface area contributed by atoms with E-state index in [1.807, 2.05) is 0 Å². The van der Waals surface area contributed by atoms with Crippen LogP contribution in [0.1, 0.15) is 6.42 Å². The van der Waals surface area contributed by atoms with Crippen molar-refractivity contribution < 1.29 is 34.8 Å². The predicted octanol–water partition coefficient (Wildman–Crippen LogP) is -1.81. The molecule has 2 fully saturated rings. The summed E-state index contributed by atoms with van der Waals surface area (Å²) in [6, 6.07) is 8.49. The first-order valence-electron chi connectivity index (χ1n) is 7.44. The molecule has 9 nitrogen and oxygen atoms in total. The molecule has 5 N–H and O–H groups in total. The lowest BCUT2D eigenvalue weighted by molar-refractivity contribution is -0.255. The van der Waals surface area contributed by atoms with Gasteiger partial charge in [0.25, 0.3) is 5.91 Å². The van der Waals surface area contributed by atoms with Crippen molar-refractivity contribution in [3.8, 4) is 0 Å². The van der Waals surface area contributed by atoms with Crippen molar-refractivity contribution >= 4 is 17.5 Å². The molecule has 2 heterocycles. The van der Waals surface area contributed by atoms with Crippen LogP contribution in [0.5, 0.6) is 0 Å². The molecule has 5 atom stereocenters. The second-order valence-corrected chi connectivity index (χ2v) is 5.83. The summed E-state index contributed by atoms with van der Waals surface area (Å²) in [5.41, 5.74) is 3.13. The van der Waals surface area contributed by atoms with Crippen LogP contribution >= 0.6 is 0 Å². The molecule has 3 rings (SSSR count). The molecule has 0 saturated carbocycles. The van der Waals surface area contributed by atoms with E-state index in [0.717, 1.165) is 5.01 Å². The number of amides is 2. The monoisotopic (exact) mass is 338 g/mol. The van der Waals surface area contributed by atoms with E-state index in [-0.39, 0.29) is 0 Å². The molecule has 2 aliphatic rings. The van der Waals surface area contributed by atoms with E-state index in [1.165, 1.54) is 0 Å². The van der Waals surface area contributed by atoms with E-state index in [0.29, 0.717) is 5.69 Å². The number of nitrogens with one attached hydrogen (secondary N) is 1. The predicted molar refractivity (Wildman–Crippen MR) is 78.9 cm³/mol. The first-order chi connectivity index (χ1) is 11.4. The number of nitrogens with zero attached hydrogens (tertiary/aromatic N) is 1. The number of benzene rings is 1. The number of aliphatic hydroxyl groups excluding tert-OH is 3. The van der Waals surface area contributed by atoms with Crippen molar-refractivity contribution in [1.82, 2.24) is 5.01 Å². The largest absolute Gasteiger partial charge is 0.394 e. The van der Waals surface area contributed by atoms with Gasteiger partial charge in [-0.3, -0.25) is 15.0 Å². The molecule has 2 aliphatic heterocycles. The number of aliphatic hydroxyl groups is 4. The van der Waals surface area contributed by atoms with E-state index in [9.17, 15) is 24.9 Å². The van der Waals surface area contributed by atoms with Crippen LogP contribution in [0, 0.1) is 5.92 Å². The van der Waals surface area contributed by atoms with Gasteiger partial charge in [0.1, 0.15) is 24.2 Å². The van der Waals surface area contributed by atoms with Gasteiger partial charge in [-0.2, -0.15) is 5.01 Å². The Morgan fingerprint density at radius 1 is 1.25 bits per heavy atom. The number of carbonyl (C=O) groups is 2. The SMILES string of the molecule is O=C1CC([C@]2(O)O[C@H](CO)[C@@H](O)[C@H]2O)C(=O)N1Nc1ccccc1. The highest BCUT2D eigenvalue weighted by molar-refractivity contribution is 6.05. The Morgan fingerprint density at radius 3 is 2.50 bits per heavy atom. The summed E-state index contributed by atoms with van der Waals surface area (Å²) >= 11 is 0. The molecule has 0 bridgehead atoms. The van der Waals surface area contributed by atoms with Gasteiger partial charge >= 0.3 is 0 Å². The van der Waals surface area contributed by atoms with Crippen molar-refractivity contribution in [3.63, 3.8) is 0 Å². The normalized spacial score (nSPS) is 36.4. The quantitative estimate of drug-likeness (QED) is 0.405. The minimum atomic E-state index is -2.45. The van der Waals surface area contributed by atoms with E-state index >= 15 is 0 Å². The Balaban J connectivity index is 1.81. The summed E-state index contributed by atoms with van der Waals surface area (Å²) in [4.78, 5) is 24.6. The lowest BCUT2D eigenvalue weighted by Crippen LogP contribution is -2.52. The topological polar surface area (TPSA) is 140 Å². The Labute approximate surface area is 137 Å². The van der Waals surface area contributed by atoms with E-state index in [4.69, 9.17) is 9.84 Å². The van der Waals surface area contributed by atoms with Crippen molar-refractivity contribution in [2.24, 2.45) is 5.92 Å². The maximum absolute atomic E-state index is 12.5. The molecule has 1 aromatic rings. The number of hydrogen-bond donors (Lipinski definition) is 5. The van der Waals surface area contributed by atoms with Gasteiger partial charge in [-0.05, 0) is 12.1 Å². The third-order valence-electron chi connectivity index (χ3n) is 4.31. The van der Waals surface area contributed by atoms with Crippen LogP contribution in [0.25, 0.3) is 0 Å². The molecule has 2 saturated heterocycles. The fourth-order valence-electron chi connectivity index (χ4n) is 2.98. The molecule has 1 aromatic carbocycles. The maximum atomic E-state index is 12.5. The van der Waals surface area contributed by atoms with Crippen molar-refractivity contribution in [1.29, 1.82) is 0 Å². The third-order valence-corrected chi connectivity index (χ3v) is 4.31. The van der Waals surface area contributed by atoms with Crippen molar-refractivity contribution in [2.45, 2.75) is 30.5 Å². The molecule has 130 valence electrons. The highest BCUT2D eigenvalue weighted by Crippen LogP contribution is 2.40. The maximum Gasteiger partial charge on any atom is 0.257 e. The molecule has 1 unspecified atom stereocenters. The number of anilines is 1. The number of hydrogen-bond acceptors (Lipinski definition) is 8. The summed E-state index contributed by atoms with van der Waals surface area (Å²) in [5, 5.41) is 40.2. The Bertz CT molecular complexity index is 640. The number of hydrazine groups is 1. The van der Waals surface area contributed by atoms with E-state index < -0.39 is 54.9 Å². The summed E-state index contributed by atoms with van der Waals surface area (Å²) in [7, 11) is 0. The van der Waals surface area contributed by atoms with Crippen molar-refractivity contribution in [3.05, 3.63) is 30.3 Å². The second kappa shape index (κ2) is 6.11. The van der Waals surface area contributed by atoms with Gasteiger partial charge in [0.05, 0.1) is 12.3 Å². The molecule has 0 aliphatic carbocycles. The average molecular weight is 338 g/mol. The fraction of sp³-hybridized carbons (Fsp3) is 0.467. The van der Waals surface area contributed by atoms with E-state index in [1.54, 1.807) is 30.3 Å². The summed E-state index contributed by atoms with van der Waals surface area (Å²) in [6.07, 6.45) is -5.05. The van der Waals surface area contributed by atoms with Crippen LogP contribution in [0.15, 0.2) is 30.3 Å².